The second-order valence-electron chi connectivity index (χ2n) is 5.54. The molecule has 0 spiro atoms. The molecule has 5 nitrogen and oxygen atoms in total. The van der Waals surface area contributed by atoms with E-state index in [4.69, 9.17) is 10.9 Å². The van der Waals surface area contributed by atoms with Crippen molar-refractivity contribution in [3.63, 3.8) is 0 Å². The average molecular weight is 286 g/mol. The summed E-state index contributed by atoms with van der Waals surface area (Å²) >= 11 is 0. The number of anilines is 1. The molecule has 0 saturated carbocycles. The third kappa shape index (κ3) is 3.84. The average Bonchev–Trinajstić information content (AvgIpc) is 2.50. The Labute approximate surface area is 125 Å². The zero-order chi connectivity index (χ0) is 15.2. The lowest BCUT2D eigenvalue weighted by atomic mass is 10.1. The van der Waals surface area contributed by atoms with Crippen LogP contribution in [0.5, 0.6) is 0 Å². The van der Waals surface area contributed by atoms with Crippen LogP contribution in [0.15, 0.2) is 41.7 Å². The van der Waals surface area contributed by atoms with Crippen molar-refractivity contribution in [3.05, 3.63) is 36.5 Å². The summed E-state index contributed by atoms with van der Waals surface area (Å²) in [6, 6.07) is 10.2. The van der Waals surface area contributed by atoms with Gasteiger partial charge in [-0.3, -0.25) is 0 Å². The maximum absolute atomic E-state index is 8.70. The summed E-state index contributed by atoms with van der Waals surface area (Å²) in [5.41, 5.74) is 5.60. The number of aromatic nitrogens is 1. The van der Waals surface area contributed by atoms with Gasteiger partial charge in [0.15, 0.2) is 0 Å². The molecule has 0 aliphatic carbocycles. The van der Waals surface area contributed by atoms with Crippen molar-refractivity contribution in [2.24, 2.45) is 16.8 Å². The van der Waals surface area contributed by atoms with Gasteiger partial charge in [-0.15, -0.1) is 0 Å². The van der Waals surface area contributed by atoms with Crippen molar-refractivity contribution < 1.29 is 5.21 Å². The summed E-state index contributed by atoms with van der Waals surface area (Å²) in [5, 5.41) is 14.0. The Hall–Kier alpha value is -2.30. The van der Waals surface area contributed by atoms with Crippen molar-refractivity contribution in [3.8, 4) is 0 Å². The fourth-order valence-corrected chi connectivity index (χ4v) is 2.38. The fourth-order valence-electron chi connectivity index (χ4n) is 2.38. The first-order valence-electron chi connectivity index (χ1n) is 7.17. The third-order valence-corrected chi connectivity index (χ3v) is 3.30. The molecule has 0 aliphatic heterocycles. The Morgan fingerprint density at radius 3 is 2.81 bits per heavy atom. The number of pyridine rings is 1. The summed E-state index contributed by atoms with van der Waals surface area (Å²) in [6.45, 7) is 5.89. The quantitative estimate of drug-likeness (QED) is 0.370. The van der Waals surface area contributed by atoms with Gasteiger partial charge in [0.2, 0.25) is 0 Å². The molecule has 0 atom stereocenters. The Bertz CT molecular complexity index is 619. The molecule has 0 radical (unpaired) electrons. The van der Waals surface area contributed by atoms with E-state index in [1.165, 1.54) is 5.39 Å². The summed E-state index contributed by atoms with van der Waals surface area (Å²) < 4.78 is 0. The number of benzene rings is 1. The number of rotatable bonds is 6. The minimum Gasteiger partial charge on any atom is -0.409 e. The van der Waals surface area contributed by atoms with E-state index in [1.807, 2.05) is 24.4 Å². The molecule has 1 aromatic carbocycles. The zero-order valence-electron chi connectivity index (χ0n) is 12.5. The Morgan fingerprint density at radius 2 is 2.10 bits per heavy atom. The molecule has 0 bridgehead atoms. The lowest BCUT2D eigenvalue weighted by Gasteiger charge is -2.26. The second-order valence-corrected chi connectivity index (χ2v) is 5.54. The van der Waals surface area contributed by atoms with Crippen molar-refractivity contribution in [2.45, 2.75) is 20.3 Å². The largest absolute Gasteiger partial charge is 0.409 e. The molecular formula is C16H22N4O. The maximum Gasteiger partial charge on any atom is 0.140 e. The summed E-state index contributed by atoms with van der Waals surface area (Å²) in [4.78, 5) is 6.75. The van der Waals surface area contributed by atoms with Gasteiger partial charge in [-0.1, -0.05) is 43.3 Å². The maximum atomic E-state index is 8.70. The van der Waals surface area contributed by atoms with E-state index in [0.29, 0.717) is 18.9 Å². The monoisotopic (exact) mass is 286 g/mol. The normalized spacial score (nSPS) is 12.0. The molecule has 0 fully saturated rings. The van der Waals surface area contributed by atoms with Crippen LogP contribution in [-0.4, -0.2) is 29.1 Å². The molecular weight excluding hydrogens is 264 g/mol. The van der Waals surface area contributed by atoms with E-state index in [-0.39, 0.29) is 5.84 Å². The van der Waals surface area contributed by atoms with Crippen LogP contribution in [0, 0.1) is 5.92 Å². The van der Waals surface area contributed by atoms with Crippen LogP contribution in [0.25, 0.3) is 10.8 Å². The molecule has 0 unspecified atom stereocenters. The van der Waals surface area contributed by atoms with Gasteiger partial charge in [0.05, 0.1) is 0 Å². The molecule has 0 saturated heterocycles. The van der Waals surface area contributed by atoms with Gasteiger partial charge in [-0.05, 0) is 17.4 Å². The second kappa shape index (κ2) is 6.92. The first-order chi connectivity index (χ1) is 10.1. The number of nitrogens with two attached hydrogens (primary N) is 1. The topological polar surface area (TPSA) is 74.7 Å². The van der Waals surface area contributed by atoms with Crippen molar-refractivity contribution in [1.82, 2.24) is 4.98 Å². The van der Waals surface area contributed by atoms with Crippen molar-refractivity contribution in [1.29, 1.82) is 0 Å². The van der Waals surface area contributed by atoms with Crippen LogP contribution in [0.1, 0.15) is 20.3 Å². The molecule has 21 heavy (non-hydrogen) atoms. The van der Waals surface area contributed by atoms with Crippen LogP contribution < -0.4 is 10.6 Å². The minimum absolute atomic E-state index is 0.240. The lowest BCUT2D eigenvalue weighted by molar-refractivity contribution is 0.317. The number of fused-ring (bicyclic) bond motifs is 1. The van der Waals surface area contributed by atoms with E-state index in [9.17, 15) is 0 Å². The minimum atomic E-state index is 0.240. The standard InChI is InChI=1S/C16H22N4O/c1-12(2)11-20(10-8-15(17)19-21)16-14-6-4-3-5-13(14)7-9-18-16/h3-7,9,12,21H,8,10-11H2,1-2H3,(H2,17,19). The molecule has 112 valence electrons. The van der Waals surface area contributed by atoms with Crippen molar-refractivity contribution in [2.75, 3.05) is 18.0 Å². The first-order valence-corrected chi connectivity index (χ1v) is 7.17. The van der Waals surface area contributed by atoms with E-state index in [0.717, 1.165) is 17.7 Å². The number of hydrogen-bond acceptors (Lipinski definition) is 4. The van der Waals surface area contributed by atoms with E-state index in [1.54, 1.807) is 0 Å². The third-order valence-electron chi connectivity index (χ3n) is 3.30. The SMILES string of the molecule is CC(C)CN(CC/C(N)=N/O)c1nccc2ccccc12. The molecule has 3 N–H and O–H groups in total. The molecule has 1 heterocycles. The van der Waals surface area contributed by atoms with E-state index in [2.05, 4.69) is 41.0 Å². The van der Waals surface area contributed by atoms with Gasteiger partial charge < -0.3 is 15.8 Å². The van der Waals surface area contributed by atoms with Gasteiger partial charge in [0.25, 0.3) is 0 Å². The highest BCUT2D eigenvalue weighted by Gasteiger charge is 2.13. The van der Waals surface area contributed by atoms with Crippen molar-refractivity contribution >= 4 is 22.4 Å². The van der Waals surface area contributed by atoms with Crippen LogP contribution in [-0.2, 0) is 0 Å². The van der Waals surface area contributed by atoms with Crippen LogP contribution in [0.4, 0.5) is 5.82 Å². The van der Waals surface area contributed by atoms with E-state index < -0.39 is 0 Å². The highest BCUT2D eigenvalue weighted by molar-refractivity contribution is 5.92. The van der Waals surface area contributed by atoms with E-state index >= 15 is 0 Å². The fraction of sp³-hybridized carbons (Fsp3) is 0.375. The van der Waals surface area contributed by atoms with Crippen LogP contribution >= 0.6 is 0 Å². The Morgan fingerprint density at radius 1 is 1.33 bits per heavy atom. The van der Waals surface area contributed by atoms with Gasteiger partial charge >= 0.3 is 0 Å². The highest BCUT2D eigenvalue weighted by atomic mass is 16.4. The predicted molar refractivity (Wildman–Crippen MR) is 86.8 cm³/mol. The Kier molecular flexibility index (Phi) is 4.98. The molecule has 2 rings (SSSR count). The van der Waals surface area contributed by atoms with Gasteiger partial charge in [-0.25, -0.2) is 4.98 Å². The highest BCUT2D eigenvalue weighted by Crippen LogP contribution is 2.24. The van der Waals surface area contributed by atoms with Gasteiger partial charge in [0.1, 0.15) is 11.7 Å². The van der Waals surface area contributed by atoms with Gasteiger partial charge in [0, 0.05) is 31.1 Å². The molecule has 0 aliphatic rings. The zero-order valence-corrected chi connectivity index (χ0v) is 12.5. The van der Waals surface area contributed by atoms with Crippen LogP contribution in [0.3, 0.4) is 0 Å². The smallest absolute Gasteiger partial charge is 0.140 e. The predicted octanol–water partition coefficient (Wildman–Crippen LogP) is 2.83. The number of hydrogen-bond donors (Lipinski definition) is 2. The molecule has 2 aromatic rings. The van der Waals surface area contributed by atoms with Crippen LogP contribution in [0.2, 0.25) is 0 Å². The summed E-state index contributed by atoms with van der Waals surface area (Å²) in [6.07, 6.45) is 2.34. The lowest BCUT2D eigenvalue weighted by Crippen LogP contribution is -2.32. The number of nitrogens with zero attached hydrogens (tertiary/aromatic N) is 3. The molecule has 1 aromatic heterocycles. The first kappa shape index (κ1) is 15.1. The molecule has 5 heteroatoms. The Balaban J connectivity index is 2.33. The summed E-state index contributed by atoms with van der Waals surface area (Å²) in [5.74, 6) is 1.69. The van der Waals surface area contributed by atoms with Gasteiger partial charge in [-0.2, -0.15) is 0 Å². The summed E-state index contributed by atoms with van der Waals surface area (Å²) in [7, 11) is 0. The molecule has 0 amide bonds. The number of oxime groups is 1. The number of amidine groups is 1.